The van der Waals surface area contributed by atoms with Crippen LogP contribution in [-0.4, -0.2) is 28.8 Å². The van der Waals surface area contributed by atoms with E-state index in [4.69, 9.17) is 16.3 Å². The quantitative estimate of drug-likeness (QED) is 0.344. The summed E-state index contributed by atoms with van der Waals surface area (Å²) < 4.78 is 5.49. The van der Waals surface area contributed by atoms with Crippen LogP contribution in [0.1, 0.15) is 22.0 Å². The fourth-order valence-corrected chi connectivity index (χ4v) is 4.42. The molecular formula is C23H18ClNO4S. The van der Waals surface area contributed by atoms with Gasteiger partial charge in [-0.3, -0.25) is 9.59 Å². The van der Waals surface area contributed by atoms with Gasteiger partial charge in [-0.1, -0.05) is 35.9 Å². The smallest absolute Gasteiger partial charge is 0.295 e. The van der Waals surface area contributed by atoms with Gasteiger partial charge < -0.3 is 14.7 Å². The molecule has 0 bridgehead atoms. The molecule has 3 aromatic rings. The van der Waals surface area contributed by atoms with Crippen LogP contribution in [0.25, 0.3) is 5.76 Å². The zero-order valence-corrected chi connectivity index (χ0v) is 17.6. The number of hydrogen-bond donors (Lipinski definition) is 1. The Balaban J connectivity index is 1.90. The number of amides is 1. The highest BCUT2D eigenvalue weighted by Crippen LogP contribution is 2.43. The maximum Gasteiger partial charge on any atom is 0.295 e. The fraction of sp³-hybridized carbons (Fsp3) is 0.130. The number of nitrogens with zero attached hydrogens (tertiary/aromatic N) is 1. The van der Waals surface area contributed by atoms with Crippen molar-refractivity contribution in [3.63, 3.8) is 0 Å². The number of thiophene rings is 1. The van der Waals surface area contributed by atoms with E-state index >= 15 is 0 Å². The Labute approximate surface area is 182 Å². The fourth-order valence-electron chi connectivity index (χ4n) is 3.59. The Bertz CT molecular complexity index is 1120. The van der Waals surface area contributed by atoms with E-state index in [1.165, 1.54) is 23.3 Å². The number of benzene rings is 2. The first-order chi connectivity index (χ1) is 14.5. The first-order valence-electron chi connectivity index (χ1n) is 9.21. The van der Waals surface area contributed by atoms with Crippen molar-refractivity contribution in [2.75, 3.05) is 7.11 Å². The number of carbonyl (C=O) groups excluding carboxylic acids is 2. The van der Waals surface area contributed by atoms with Gasteiger partial charge in [0.15, 0.2) is 0 Å². The summed E-state index contributed by atoms with van der Waals surface area (Å²) in [5.74, 6) is -1.10. The molecule has 2 heterocycles. The van der Waals surface area contributed by atoms with E-state index in [2.05, 4.69) is 0 Å². The summed E-state index contributed by atoms with van der Waals surface area (Å²) in [6.07, 6.45) is 0. The Morgan fingerprint density at radius 3 is 2.50 bits per heavy atom. The molecule has 1 aromatic heterocycles. The highest BCUT2D eigenvalue weighted by molar-refractivity contribution is 7.09. The molecule has 1 aliphatic heterocycles. The molecule has 1 unspecified atom stereocenters. The number of methoxy groups -OCH3 is 1. The number of rotatable bonds is 5. The zero-order chi connectivity index (χ0) is 21.3. The van der Waals surface area contributed by atoms with E-state index < -0.39 is 17.7 Å². The van der Waals surface area contributed by atoms with Crippen LogP contribution in [0.2, 0.25) is 5.02 Å². The van der Waals surface area contributed by atoms with Crippen LogP contribution in [0.4, 0.5) is 0 Å². The van der Waals surface area contributed by atoms with E-state index in [0.29, 0.717) is 21.9 Å². The summed E-state index contributed by atoms with van der Waals surface area (Å²) >= 11 is 7.45. The molecule has 0 aliphatic carbocycles. The number of aliphatic hydroxyl groups is 1. The predicted molar refractivity (Wildman–Crippen MR) is 117 cm³/mol. The van der Waals surface area contributed by atoms with Crippen molar-refractivity contribution in [3.8, 4) is 5.75 Å². The predicted octanol–water partition coefficient (Wildman–Crippen LogP) is 5.03. The first kappa shape index (κ1) is 20.2. The Kier molecular flexibility index (Phi) is 5.61. The van der Waals surface area contributed by atoms with Crippen molar-refractivity contribution in [1.29, 1.82) is 0 Å². The van der Waals surface area contributed by atoms with Gasteiger partial charge in [-0.2, -0.15) is 0 Å². The van der Waals surface area contributed by atoms with Crippen LogP contribution in [0.5, 0.6) is 5.75 Å². The van der Waals surface area contributed by atoms with E-state index in [0.717, 1.165) is 4.88 Å². The highest BCUT2D eigenvalue weighted by atomic mass is 35.5. The molecule has 1 amide bonds. The molecule has 1 fully saturated rings. The summed E-state index contributed by atoms with van der Waals surface area (Å²) in [7, 11) is 1.53. The normalized spacial score (nSPS) is 18.1. The van der Waals surface area contributed by atoms with Crippen molar-refractivity contribution in [1.82, 2.24) is 4.90 Å². The van der Waals surface area contributed by atoms with Gasteiger partial charge in [0.25, 0.3) is 11.7 Å². The molecule has 1 aliphatic rings. The zero-order valence-electron chi connectivity index (χ0n) is 16.0. The van der Waals surface area contributed by atoms with Crippen molar-refractivity contribution in [2.45, 2.75) is 12.6 Å². The number of aliphatic hydroxyl groups excluding tert-OH is 1. The topological polar surface area (TPSA) is 66.8 Å². The van der Waals surface area contributed by atoms with Gasteiger partial charge in [0, 0.05) is 21.0 Å². The number of likely N-dealkylation sites (tertiary alicyclic amines) is 1. The number of hydrogen-bond acceptors (Lipinski definition) is 5. The monoisotopic (exact) mass is 439 g/mol. The lowest BCUT2D eigenvalue weighted by molar-refractivity contribution is -0.140. The number of para-hydroxylation sites is 1. The Morgan fingerprint density at radius 2 is 1.83 bits per heavy atom. The number of ether oxygens (including phenoxy) is 1. The van der Waals surface area contributed by atoms with Crippen molar-refractivity contribution in [3.05, 3.63) is 92.6 Å². The van der Waals surface area contributed by atoms with Gasteiger partial charge in [0.2, 0.25) is 0 Å². The van der Waals surface area contributed by atoms with Crippen LogP contribution < -0.4 is 4.74 Å². The van der Waals surface area contributed by atoms with Gasteiger partial charge in [-0.25, -0.2) is 0 Å². The SMILES string of the molecule is COc1ccccc1C1/C(=C(/O)c2ccc(Cl)cc2)C(=O)C(=O)N1Cc1cccs1. The molecule has 0 radical (unpaired) electrons. The number of Topliss-reactive ketones (excluding diaryl/α,β-unsaturated/α-hetero) is 1. The lowest BCUT2D eigenvalue weighted by atomic mass is 9.94. The van der Waals surface area contributed by atoms with E-state index in [9.17, 15) is 14.7 Å². The standard InChI is InChI=1S/C23H18ClNO4S/c1-29-18-7-3-2-6-17(18)20-19(21(26)14-8-10-15(24)11-9-14)22(27)23(28)25(20)13-16-5-4-12-30-16/h2-12,20,26H,13H2,1H3/b21-19-. The maximum absolute atomic E-state index is 13.0. The average molecular weight is 440 g/mol. The number of ketones is 1. The minimum atomic E-state index is -0.779. The minimum absolute atomic E-state index is 0.0309. The van der Waals surface area contributed by atoms with Crippen LogP contribution >= 0.6 is 22.9 Å². The largest absolute Gasteiger partial charge is 0.507 e. The molecular weight excluding hydrogens is 422 g/mol. The summed E-state index contributed by atoms with van der Waals surface area (Å²) in [4.78, 5) is 28.4. The van der Waals surface area contributed by atoms with Gasteiger partial charge in [0.1, 0.15) is 11.5 Å². The van der Waals surface area contributed by atoms with Gasteiger partial charge in [0.05, 0.1) is 25.3 Å². The van der Waals surface area contributed by atoms with Crippen LogP contribution in [-0.2, 0) is 16.1 Å². The third-order valence-corrected chi connectivity index (χ3v) is 6.11. The number of halogens is 1. The number of carbonyl (C=O) groups is 2. The molecule has 0 spiro atoms. The van der Waals surface area contributed by atoms with Crippen molar-refractivity contribution < 1.29 is 19.4 Å². The third-order valence-electron chi connectivity index (χ3n) is 5.00. The Hall–Kier alpha value is -3.09. The second kappa shape index (κ2) is 8.34. The lowest BCUT2D eigenvalue weighted by Crippen LogP contribution is -2.29. The van der Waals surface area contributed by atoms with Gasteiger partial charge in [-0.15, -0.1) is 11.3 Å². The van der Waals surface area contributed by atoms with Crippen LogP contribution in [0, 0.1) is 0 Å². The van der Waals surface area contributed by atoms with E-state index in [1.807, 2.05) is 29.6 Å². The second-order valence-corrected chi connectivity index (χ2v) is 8.22. The van der Waals surface area contributed by atoms with Crippen LogP contribution in [0.3, 0.4) is 0 Å². The van der Waals surface area contributed by atoms with Gasteiger partial charge in [-0.05, 0) is 41.8 Å². The molecule has 4 rings (SSSR count). The first-order valence-corrected chi connectivity index (χ1v) is 10.5. The van der Waals surface area contributed by atoms with E-state index in [1.54, 1.807) is 36.4 Å². The molecule has 30 heavy (non-hydrogen) atoms. The molecule has 5 nitrogen and oxygen atoms in total. The molecule has 152 valence electrons. The van der Waals surface area contributed by atoms with E-state index in [-0.39, 0.29) is 17.9 Å². The minimum Gasteiger partial charge on any atom is -0.507 e. The van der Waals surface area contributed by atoms with Crippen molar-refractivity contribution >= 4 is 40.4 Å². The average Bonchev–Trinajstić information content (AvgIpc) is 3.36. The molecule has 1 atom stereocenters. The second-order valence-electron chi connectivity index (χ2n) is 6.76. The molecule has 2 aromatic carbocycles. The highest BCUT2D eigenvalue weighted by Gasteiger charge is 2.47. The third kappa shape index (κ3) is 3.60. The van der Waals surface area contributed by atoms with Gasteiger partial charge >= 0.3 is 0 Å². The summed E-state index contributed by atoms with van der Waals surface area (Å²) in [5.41, 5.74) is 1.07. The molecule has 0 saturated carbocycles. The molecule has 1 saturated heterocycles. The maximum atomic E-state index is 13.0. The Morgan fingerprint density at radius 1 is 1.10 bits per heavy atom. The lowest BCUT2D eigenvalue weighted by Gasteiger charge is -2.26. The summed E-state index contributed by atoms with van der Waals surface area (Å²) in [5, 5.41) is 13.5. The summed E-state index contributed by atoms with van der Waals surface area (Å²) in [6, 6.07) is 16.7. The molecule has 7 heteroatoms. The van der Waals surface area contributed by atoms with Crippen molar-refractivity contribution in [2.24, 2.45) is 0 Å². The molecule has 1 N–H and O–H groups in total. The van der Waals surface area contributed by atoms with Crippen LogP contribution in [0.15, 0.2) is 71.6 Å². The summed E-state index contributed by atoms with van der Waals surface area (Å²) in [6.45, 7) is 0.252.